The molecule has 0 aliphatic rings. The summed E-state index contributed by atoms with van der Waals surface area (Å²) in [7, 11) is 4.20. The predicted octanol–water partition coefficient (Wildman–Crippen LogP) is 2.40. The molecule has 0 aromatic carbocycles. The minimum Gasteiger partial charge on any atom is -0.466 e. The van der Waals surface area contributed by atoms with Crippen molar-refractivity contribution in [3.8, 4) is 0 Å². The minimum atomic E-state index is -0.0555. The van der Waals surface area contributed by atoms with Crippen LogP contribution in [0.15, 0.2) is 0 Å². The molecule has 0 radical (unpaired) electrons. The molecule has 0 atom stereocenters. The third-order valence-electron chi connectivity index (χ3n) is 2.12. The molecule has 0 aliphatic carbocycles. The lowest BCUT2D eigenvalue weighted by Crippen LogP contribution is -2.13. The number of esters is 1. The zero-order chi connectivity index (χ0) is 12.2. The monoisotopic (exact) mass is 247 g/mol. The first-order valence-corrected chi connectivity index (χ1v) is 7.20. The second-order valence-electron chi connectivity index (χ2n) is 4.03. The Balaban J connectivity index is 3.07. The largest absolute Gasteiger partial charge is 0.466 e. The van der Waals surface area contributed by atoms with Gasteiger partial charge >= 0.3 is 5.97 Å². The topological polar surface area (TPSA) is 29.5 Å². The average Bonchev–Trinajstić information content (AvgIpc) is 2.22. The first kappa shape index (κ1) is 15.8. The van der Waals surface area contributed by atoms with E-state index >= 15 is 0 Å². The highest BCUT2D eigenvalue weighted by atomic mass is 32.2. The zero-order valence-corrected chi connectivity index (χ0v) is 11.6. The van der Waals surface area contributed by atoms with Gasteiger partial charge in [0, 0.05) is 6.42 Å². The Morgan fingerprint density at radius 2 is 1.88 bits per heavy atom. The molecule has 3 nitrogen and oxygen atoms in total. The van der Waals surface area contributed by atoms with Gasteiger partial charge in [-0.15, -0.1) is 0 Å². The van der Waals surface area contributed by atoms with Crippen molar-refractivity contribution in [2.75, 3.05) is 38.8 Å². The highest BCUT2D eigenvalue weighted by molar-refractivity contribution is 7.99. The van der Waals surface area contributed by atoms with E-state index in [1.165, 1.54) is 12.2 Å². The summed E-state index contributed by atoms with van der Waals surface area (Å²) in [6.45, 7) is 3.51. The molecule has 0 unspecified atom stereocenters. The van der Waals surface area contributed by atoms with Crippen LogP contribution in [0.5, 0.6) is 0 Å². The number of carbonyl (C=O) groups is 1. The van der Waals surface area contributed by atoms with Crippen LogP contribution >= 0.6 is 11.8 Å². The summed E-state index contributed by atoms with van der Waals surface area (Å²) in [5, 5.41) is 0. The number of unbranched alkanes of at least 4 members (excludes halogenated alkanes) is 1. The number of rotatable bonds is 10. The summed E-state index contributed by atoms with van der Waals surface area (Å²) in [6, 6.07) is 0. The molecule has 0 amide bonds. The quantitative estimate of drug-likeness (QED) is 0.438. The Morgan fingerprint density at radius 3 is 2.50 bits per heavy atom. The Bertz CT molecular complexity index is 174. The maximum atomic E-state index is 11.0. The van der Waals surface area contributed by atoms with E-state index in [2.05, 4.69) is 19.0 Å². The van der Waals surface area contributed by atoms with Crippen LogP contribution in [0, 0.1) is 0 Å². The van der Waals surface area contributed by atoms with Gasteiger partial charge in [0.2, 0.25) is 0 Å². The van der Waals surface area contributed by atoms with Gasteiger partial charge in [-0.2, -0.15) is 11.8 Å². The highest BCUT2D eigenvalue weighted by Gasteiger charge is 2.00. The lowest BCUT2D eigenvalue weighted by Gasteiger charge is -2.08. The molecule has 0 saturated carbocycles. The second-order valence-corrected chi connectivity index (χ2v) is 5.26. The van der Waals surface area contributed by atoms with Crippen LogP contribution in [-0.2, 0) is 9.53 Å². The highest BCUT2D eigenvalue weighted by Crippen LogP contribution is 2.08. The second kappa shape index (κ2) is 11.3. The fourth-order valence-corrected chi connectivity index (χ4v) is 2.24. The SMILES string of the molecule is CCOC(=O)CCCCSCCCN(C)C. The summed E-state index contributed by atoms with van der Waals surface area (Å²) < 4.78 is 4.86. The van der Waals surface area contributed by atoms with E-state index < -0.39 is 0 Å². The molecule has 0 bridgehead atoms. The van der Waals surface area contributed by atoms with Crippen molar-refractivity contribution in [1.29, 1.82) is 0 Å². The lowest BCUT2D eigenvalue weighted by atomic mass is 10.2. The van der Waals surface area contributed by atoms with Crippen molar-refractivity contribution < 1.29 is 9.53 Å². The molecule has 0 saturated heterocycles. The summed E-state index contributed by atoms with van der Waals surface area (Å²) in [5.41, 5.74) is 0. The van der Waals surface area contributed by atoms with Gasteiger partial charge in [-0.3, -0.25) is 4.79 Å². The number of hydrogen-bond acceptors (Lipinski definition) is 4. The Labute approximate surface area is 104 Å². The maximum absolute atomic E-state index is 11.0. The molecule has 96 valence electrons. The zero-order valence-electron chi connectivity index (χ0n) is 10.8. The van der Waals surface area contributed by atoms with Gasteiger partial charge in [-0.1, -0.05) is 0 Å². The van der Waals surface area contributed by atoms with Gasteiger partial charge in [0.05, 0.1) is 6.61 Å². The number of ether oxygens (including phenoxy) is 1. The fourth-order valence-electron chi connectivity index (χ4n) is 1.29. The van der Waals surface area contributed by atoms with Gasteiger partial charge in [-0.25, -0.2) is 0 Å². The van der Waals surface area contributed by atoms with Gasteiger partial charge < -0.3 is 9.64 Å². The molecular formula is C12H25NO2S. The third kappa shape index (κ3) is 11.9. The minimum absolute atomic E-state index is 0.0555. The van der Waals surface area contributed by atoms with E-state index in [1.54, 1.807) is 0 Å². The molecule has 0 aromatic rings. The van der Waals surface area contributed by atoms with E-state index in [0.29, 0.717) is 13.0 Å². The van der Waals surface area contributed by atoms with Crippen LogP contribution in [0.25, 0.3) is 0 Å². The maximum Gasteiger partial charge on any atom is 0.305 e. The predicted molar refractivity (Wildman–Crippen MR) is 71.0 cm³/mol. The summed E-state index contributed by atoms with van der Waals surface area (Å²) in [4.78, 5) is 13.2. The molecule has 0 spiro atoms. The number of carbonyl (C=O) groups excluding carboxylic acids is 1. The summed E-state index contributed by atoms with van der Waals surface area (Å²) in [5.74, 6) is 2.32. The molecule has 4 heteroatoms. The summed E-state index contributed by atoms with van der Waals surface area (Å²) >= 11 is 1.98. The standard InChI is InChI=1S/C12H25NO2S/c1-4-15-12(14)8-5-6-10-16-11-7-9-13(2)3/h4-11H2,1-3H3. The number of hydrogen-bond donors (Lipinski definition) is 0. The van der Waals surface area contributed by atoms with E-state index in [0.717, 1.165) is 25.1 Å². The van der Waals surface area contributed by atoms with Gasteiger partial charge in [-0.05, 0) is 58.3 Å². The van der Waals surface area contributed by atoms with E-state index in [4.69, 9.17) is 4.74 Å². The fraction of sp³-hybridized carbons (Fsp3) is 0.917. The van der Waals surface area contributed by atoms with Crippen molar-refractivity contribution in [1.82, 2.24) is 4.90 Å². The van der Waals surface area contributed by atoms with Crippen LogP contribution in [-0.4, -0.2) is 49.6 Å². The van der Waals surface area contributed by atoms with Gasteiger partial charge in [0.1, 0.15) is 0 Å². The van der Waals surface area contributed by atoms with Gasteiger partial charge in [0.15, 0.2) is 0 Å². The molecule has 0 N–H and O–H groups in total. The van der Waals surface area contributed by atoms with E-state index in [-0.39, 0.29) is 5.97 Å². The number of thioether (sulfide) groups is 1. The van der Waals surface area contributed by atoms with Crippen LogP contribution in [0.1, 0.15) is 32.6 Å². The Hall–Kier alpha value is -0.220. The Morgan fingerprint density at radius 1 is 1.19 bits per heavy atom. The summed E-state index contributed by atoms with van der Waals surface area (Å²) in [6.07, 6.45) is 3.90. The first-order valence-electron chi connectivity index (χ1n) is 6.05. The van der Waals surface area contributed by atoms with Crippen molar-refractivity contribution in [3.63, 3.8) is 0 Å². The molecule has 0 aromatic heterocycles. The van der Waals surface area contributed by atoms with Gasteiger partial charge in [0.25, 0.3) is 0 Å². The molecule has 16 heavy (non-hydrogen) atoms. The van der Waals surface area contributed by atoms with Crippen LogP contribution < -0.4 is 0 Å². The van der Waals surface area contributed by atoms with Crippen LogP contribution in [0.2, 0.25) is 0 Å². The van der Waals surface area contributed by atoms with Crippen LogP contribution in [0.3, 0.4) is 0 Å². The van der Waals surface area contributed by atoms with E-state index in [1.807, 2.05) is 18.7 Å². The van der Waals surface area contributed by atoms with E-state index in [9.17, 15) is 4.79 Å². The van der Waals surface area contributed by atoms with Crippen molar-refractivity contribution in [2.45, 2.75) is 32.6 Å². The first-order chi connectivity index (χ1) is 7.66. The van der Waals surface area contributed by atoms with Crippen molar-refractivity contribution in [2.24, 2.45) is 0 Å². The van der Waals surface area contributed by atoms with Crippen molar-refractivity contribution in [3.05, 3.63) is 0 Å². The molecule has 0 fully saturated rings. The molecular weight excluding hydrogens is 222 g/mol. The van der Waals surface area contributed by atoms with Crippen molar-refractivity contribution >= 4 is 17.7 Å². The average molecular weight is 247 g/mol. The number of nitrogens with zero attached hydrogens (tertiary/aromatic N) is 1. The lowest BCUT2D eigenvalue weighted by molar-refractivity contribution is -0.143. The molecule has 0 rings (SSSR count). The molecule has 0 aliphatic heterocycles. The smallest absolute Gasteiger partial charge is 0.305 e. The molecule has 0 heterocycles. The Kier molecular flexibility index (Phi) is 11.1. The normalized spacial score (nSPS) is 10.8. The van der Waals surface area contributed by atoms with Crippen LogP contribution in [0.4, 0.5) is 0 Å². The third-order valence-corrected chi connectivity index (χ3v) is 3.27.